The van der Waals surface area contributed by atoms with Crippen LogP contribution in [0.4, 0.5) is 4.79 Å². The van der Waals surface area contributed by atoms with Crippen LogP contribution in [-0.4, -0.2) is 48.2 Å². The number of rotatable bonds is 5. The molecule has 1 N–H and O–H groups in total. The van der Waals surface area contributed by atoms with Crippen LogP contribution in [0.3, 0.4) is 0 Å². The van der Waals surface area contributed by atoms with Crippen LogP contribution in [0.5, 0.6) is 0 Å². The topological polar surface area (TPSA) is 84.9 Å². The van der Waals surface area contributed by atoms with Crippen molar-refractivity contribution < 1.29 is 23.9 Å². The molecule has 0 spiro atoms. The van der Waals surface area contributed by atoms with Crippen LogP contribution in [0, 0.1) is 0 Å². The quantitative estimate of drug-likeness (QED) is 0.542. The van der Waals surface area contributed by atoms with E-state index in [0.29, 0.717) is 0 Å². The number of esters is 1. The molecule has 0 aromatic heterocycles. The fraction of sp³-hybridized carbons (Fsp3) is 0.276. The van der Waals surface area contributed by atoms with Crippen molar-refractivity contribution in [2.24, 2.45) is 0 Å². The summed E-state index contributed by atoms with van der Waals surface area (Å²) in [4.78, 5) is 39.9. The van der Waals surface area contributed by atoms with Gasteiger partial charge in [-0.3, -0.25) is 4.79 Å². The van der Waals surface area contributed by atoms with E-state index in [0.717, 1.165) is 27.8 Å². The molecular weight excluding hydrogens is 456 g/mol. The number of nitrogens with zero attached hydrogens (tertiary/aromatic N) is 1. The Kier molecular flexibility index (Phi) is 6.46. The van der Waals surface area contributed by atoms with Gasteiger partial charge in [-0.15, -0.1) is 0 Å². The molecule has 3 aromatic rings. The summed E-state index contributed by atoms with van der Waals surface area (Å²) < 4.78 is 10.9. The van der Waals surface area contributed by atoms with Crippen molar-refractivity contribution in [2.45, 2.75) is 37.9 Å². The molecule has 0 radical (unpaired) electrons. The highest BCUT2D eigenvalue weighted by Crippen LogP contribution is 2.44. The molecular formula is C29H28N2O5. The van der Waals surface area contributed by atoms with Crippen molar-refractivity contribution in [3.63, 3.8) is 0 Å². The Hall–Kier alpha value is -4.13. The molecule has 36 heavy (non-hydrogen) atoms. The van der Waals surface area contributed by atoms with Crippen molar-refractivity contribution in [1.82, 2.24) is 10.2 Å². The highest BCUT2D eigenvalue weighted by atomic mass is 16.5. The van der Waals surface area contributed by atoms with Gasteiger partial charge in [-0.05, 0) is 41.7 Å². The normalized spacial score (nSPS) is 19.6. The fourth-order valence-corrected chi connectivity index (χ4v) is 5.12. The maximum Gasteiger partial charge on any atom is 0.407 e. The number of amides is 2. The molecule has 1 aliphatic carbocycles. The minimum Gasteiger partial charge on any atom is -0.462 e. The number of carbonyl (C=O) groups is 3. The van der Waals surface area contributed by atoms with Gasteiger partial charge in [-0.2, -0.15) is 0 Å². The second-order valence-corrected chi connectivity index (χ2v) is 9.17. The van der Waals surface area contributed by atoms with Gasteiger partial charge in [0.05, 0.1) is 6.04 Å². The van der Waals surface area contributed by atoms with Gasteiger partial charge in [-0.25, -0.2) is 9.59 Å². The Labute approximate surface area is 210 Å². The number of alkyl carbamates (subject to hydrolysis) is 1. The van der Waals surface area contributed by atoms with E-state index in [-0.39, 0.29) is 25.0 Å². The zero-order valence-electron chi connectivity index (χ0n) is 20.2. The number of carbonyl (C=O) groups excluding carboxylic acids is 3. The number of hydrogen-bond donors (Lipinski definition) is 1. The van der Waals surface area contributed by atoms with E-state index >= 15 is 0 Å². The summed E-state index contributed by atoms with van der Waals surface area (Å²) in [7, 11) is 0. The lowest BCUT2D eigenvalue weighted by Crippen LogP contribution is -2.57. The van der Waals surface area contributed by atoms with Gasteiger partial charge in [0, 0.05) is 5.92 Å². The van der Waals surface area contributed by atoms with Crippen LogP contribution in [0.25, 0.3) is 11.1 Å². The zero-order valence-corrected chi connectivity index (χ0v) is 20.2. The van der Waals surface area contributed by atoms with Crippen LogP contribution in [0.1, 0.15) is 42.5 Å². The van der Waals surface area contributed by atoms with E-state index in [4.69, 9.17) is 9.47 Å². The molecule has 1 heterocycles. The summed E-state index contributed by atoms with van der Waals surface area (Å²) in [6, 6.07) is 23.5. The van der Waals surface area contributed by atoms with E-state index in [2.05, 4.69) is 17.4 Å². The monoisotopic (exact) mass is 484 g/mol. The second kappa shape index (κ2) is 9.85. The van der Waals surface area contributed by atoms with Gasteiger partial charge in [0.15, 0.2) is 0 Å². The Morgan fingerprint density at radius 1 is 0.972 bits per heavy atom. The SMILES string of the molecule is C[C@H](NC(=O)OCC1c2ccccc2-c2ccccc21)C(=O)N1[C@@H](C)C(=O)OC[C@H]1c1ccccc1. The predicted molar refractivity (Wildman–Crippen MR) is 134 cm³/mol. The molecule has 7 heteroatoms. The summed E-state index contributed by atoms with van der Waals surface area (Å²) >= 11 is 0. The molecule has 184 valence electrons. The molecule has 7 nitrogen and oxygen atoms in total. The van der Waals surface area contributed by atoms with Gasteiger partial charge < -0.3 is 19.7 Å². The van der Waals surface area contributed by atoms with Crippen LogP contribution in [0.2, 0.25) is 0 Å². The van der Waals surface area contributed by atoms with Crippen molar-refractivity contribution in [1.29, 1.82) is 0 Å². The number of morpholine rings is 1. The molecule has 2 aliphatic rings. The lowest BCUT2D eigenvalue weighted by atomic mass is 9.98. The van der Waals surface area contributed by atoms with Crippen LogP contribution in [0.15, 0.2) is 78.9 Å². The van der Waals surface area contributed by atoms with Crippen molar-refractivity contribution in [3.8, 4) is 11.1 Å². The lowest BCUT2D eigenvalue weighted by Gasteiger charge is -2.40. The lowest BCUT2D eigenvalue weighted by molar-refractivity contribution is -0.169. The first-order chi connectivity index (χ1) is 17.5. The van der Waals surface area contributed by atoms with Crippen molar-refractivity contribution in [2.75, 3.05) is 13.2 Å². The molecule has 1 saturated heterocycles. The molecule has 1 fully saturated rings. The average Bonchev–Trinajstić information content (AvgIpc) is 3.22. The van der Waals surface area contributed by atoms with E-state index in [1.54, 1.807) is 13.8 Å². The second-order valence-electron chi connectivity index (χ2n) is 9.17. The van der Waals surface area contributed by atoms with E-state index in [1.165, 1.54) is 4.90 Å². The van der Waals surface area contributed by atoms with Gasteiger partial charge in [0.2, 0.25) is 5.91 Å². The molecule has 5 rings (SSSR count). The fourth-order valence-electron chi connectivity index (χ4n) is 5.12. The third kappa shape index (κ3) is 4.33. The van der Waals surface area contributed by atoms with E-state index in [9.17, 15) is 14.4 Å². The summed E-state index contributed by atoms with van der Waals surface area (Å²) in [5.41, 5.74) is 5.37. The molecule has 3 aromatic carbocycles. The Balaban J connectivity index is 1.26. The van der Waals surface area contributed by atoms with Crippen LogP contribution in [-0.2, 0) is 19.1 Å². The highest BCUT2D eigenvalue weighted by Gasteiger charge is 2.41. The van der Waals surface area contributed by atoms with Crippen molar-refractivity contribution >= 4 is 18.0 Å². The minimum atomic E-state index is -0.889. The zero-order chi connectivity index (χ0) is 25.2. The number of benzene rings is 3. The largest absolute Gasteiger partial charge is 0.462 e. The summed E-state index contributed by atoms with van der Waals surface area (Å²) in [6.45, 7) is 3.45. The van der Waals surface area contributed by atoms with Gasteiger partial charge in [-0.1, -0.05) is 78.9 Å². The third-order valence-corrected chi connectivity index (χ3v) is 6.96. The van der Waals surface area contributed by atoms with Crippen LogP contribution < -0.4 is 5.32 Å². The highest BCUT2D eigenvalue weighted by molar-refractivity contribution is 5.90. The molecule has 0 unspecified atom stereocenters. The number of fused-ring (bicyclic) bond motifs is 3. The Morgan fingerprint density at radius 3 is 2.19 bits per heavy atom. The smallest absolute Gasteiger partial charge is 0.407 e. The average molecular weight is 485 g/mol. The Bertz CT molecular complexity index is 1250. The molecule has 0 bridgehead atoms. The summed E-state index contributed by atoms with van der Waals surface area (Å²) in [5.74, 6) is -0.918. The number of hydrogen-bond acceptors (Lipinski definition) is 5. The maximum absolute atomic E-state index is 13.4. The minimum absolute atomic E-state index is 0.0661. The standard InChI is InChI=1S/C29H28N2O5/c1-18(27(32)31-19(2)28(33)35-17-26(31)20-10-4-3-5-11-20)30-29(34)36-16-25-23-14-8-6-12-21(23)22-13-7-9-15-24(22)25/h3-15,18-19,25-26H,16-17H2,1-2H3,(H,30,34)/t18-,19-,26-/m0/s1. The first kappa shape index (κ1) is 23.6. The molecule has 2 amide bonds. The van der Waals surface area contributed by atoms with E-state index < -0.39 is 30.2 Å². The van der Waals surface area contributed by atoms with Crippen molar-refractivity contribution in [3.05, 3.63) is 95.6 Å². The summed E-state index contributed by atoms with van der Waals surface area (Å²) in [5, 5.41) is 2.65. The number of nitrogens with one attached hydrogen (secondary N) is 1. The first-order valence-electron chi connectivity index (χ1n) is 12.1. The summed E-state index contributed by atoms with van der Waals surface area (Å²) in [6.07, 6.45) is -0.679. The van der Waals surface area contributed by atoms with Gasteiger partial charge >= 0.3 is 12.1 Å². The van der Waals surface area contributed by atoms with Crippen LogP contribution >= 0.6 is 0 Å². The van der Waals surface area contributed by atoms with Gasteiger partial charge in [0.25, 0.3) is 0 Å². The maximum atomic E-state index is 13.4. The molecule has 0 saturated carbocycles. The predicted octanol–water partition coefficient (Wildman–Crippen LogP) is 4.43. The molecule has 1 aliphatic heterocycles. The molecule has 3 atom stereocenters. The Morgan fingerprint density at radius 2 is 1.56 bits per heavy atom. The van der Waals surface area contributed by atoms with Gasteiger partial charge in [0.1, 0.15) is 25.3 Å². The van der Waals surface area contributed by atoms with E-state index in [1.807, 2.05) is 66.7 Å². The number of ether oxygens (including phenoxy) is 2. The number of cyclic esters (lactones) is 1. The third-order valence-electron chi connectivity index (χ3n) is 6.96. The first-order valence-corrected chi connectivity index (χ1v) is 12.1.